The number of aryl methyl sites for hydroxylation is 2. The molecule has 6 aromatic rings. The molecule has 6 N–H and O–H groups in total. The molecule has 38 heavy (non-hydrogen) atoms. The average molecular weight is 503 g/mol. The van der Waals surface area contributed by atoms with E-state index in [0.29, 0.717) is 0 Å². The van der Waals surface area contributed by atoms with E-state index in [-0.39, 0.29) is 0 Å². The van der Waals surface area contributed by atoms with Gasteiger partial charge in [0, 0.05) is 23.8 Å². The van der Waals surface area contributed by atoms with Crippen molar-refractivity contribution in [2.75, 3.05) is 13.1 Å². The fraction of sp³-hybridized carbons (Fsp3) is 0.250. The zero-order chi connectivity index (χ0) is 25.9. The number of hydrogen-bond acceptors (Lipinski definition) is 4. The fourth-order valence-corrected chi connectivity index (χ4v) is 5.25. The molecule has 0 bridgehead atoms. The summed E-state index contributed by atoms with van der Waals surface area (Å²) in [7, 11) is 0. The highest BCUT2D eigenvalue weighted by Crippen LogP contribution is 2.32. The second kappa shape index (κ2) is 10.8. The summed E-state index contributed by atoms with van der Waals surface area (Å²) in [5, 5.41) is 4.82. The Hall–Kier alpha value is -4.00. The summed E-state index contributed by atoms with van der Waals surface area (Å²) >= 11 is 0. The van der Waals surface area contributed by atoms with Gasteiger partial charge in [0.25, 0.3) is 0 Å². The molecule has 0 radical (unpaired) electrons. The van der Waals surface area contributed by atoms with E-state index >= 15 is 0 Å². The van der Waals surface area contributed by atoms with Crippen LogP contribution in [-0.4, -0.2) is 33.0 Å². The normalized spacial score (nSPS) is 11.7. The van der Waals surface area contributed by atoms with Crippen LogP contribution in [0.4, 0.5) is 0 Å². The van der Waals surface area contributed by atoms with E-state index in [9.17, 15) is 0 Å². The molecule has 6 nitrogen and oxygen atoms in total. The molecule has 0 atom stereocenters. The van der Waals surface area contributed by atoms with Crippen molar-refractivity contribution in [3.8, 4) is 22.4 Å². The lowest BCUT2D eigenvalue weighted by Crippen LogP contribution is -1.99. The molecule has 0 spiro atoms. The van der Waals surface area contributed by atoms with Crippen molar-refractivity contribution in [3.63, 3.8) is 0 Å². The van der Waals surface area contributed by atoms with Crippen LogP contribution in [0.3, 0.4) is 0 Å². The van der Waals surface area contributed by atoms with Gasteiger partial charge in [-0.05, 0) is 90.3 Å². The van der Waals surface area contributed by atoms with Crippen LogP contribution in [0.5, 0.6) is 0 Å². The summed E-state index contributed by atoms with van der Waals surface area (Å²) in [6.45, 7) is 1.45. The molecule has 0 aliphatic carbocycles. The largest absolute Gasteiger partial charge is 0.342 e. The Labute approximate surface area is 222 Å². The molecule has 0 aliphatic rings. The first kappa shape index (κ1) is 24.3. The number of H-pyrrole nitrogens is 2. The van der Waals surface area contributed by atoms with E-state index in [1.165, 1.54) is 32.7 Å². The SMILES string of the molecule is NCCCCc1ncc(-c2ccc3cc(-c4ccc5c(ccc6[nH]c(CCCCN)nc65)c4)ccc3c2)[nH]1. The van der Waals surface area contributed by atoms with Gasteiger partial charge in [0.2, 0.25) is 0 Å². The molecule has 0 saturated heterocycles. The molecule has 4 aromatic carbocycles. The molecule has 0 saturated carbocycles. The third-order valence-corrected chi connectivity index (χ3v) is 7.37. The minimum atomic E-state index is 0.725. The number of benzene rings is 4. The third kappa shape index (κ3) is 4.93. The monoisotopic (exact) mass is 502 g/mol. The number of imidazole rings is 2. The standard InChI is InChI=1S/C32H34N6/c33-15-3-1-5-30-35-20-29(37-30)26-10-9-22-17-21(7-8-23(22)19-26)24-11-13-27-25(18-24)12-14-28-32(27)38-31(36-28)6-2-4-16-34/h7-14,17-20H,1-6,15-16,33-34H2,(H,35,37)(H,36,38). The number of aromatic amines is 2. The van der Waals surface area contributed by atoms with Gasteiger partial charge in [-0.3, -0.25) is 0 Å². The summed E-state index contributed by atoms with van der Waals surface area (Å²) in [4.78, 5) is 16.4. The third-order valence-electron chi connectivity index (χ3n) is 7.37. The van der Waals surface area contributed by atoms with Crippen LogP contribution < -0.4 is 11.5 Å². The Bertz CT molecular complexity index is 1710. The lowest BCUT2D eigenvalue weighted by Gasteiger charge is -2.08. The molecule has 0 fully saturated rings. The molecule has 6 heteroatoms. The number of nitrogens with zero attached hydrogens (tertiary/aromatic N) is 2. The van der Waals surface area contributed by atoms with Crippen molar-refractivity contribution in [1.82, 2.24) is 19.9 Å². The Morgan fingerprint density at radius 3 is 2.00 bits per heavy atom. The summed E-state index contributed by atoms with van der Waals surface area (Å²) in [6.07, 6.45) is 7.95. The van der Waals surface area contributed by atoms with Crippen molar-refractivity contribution in [1.29, 1.82) is 0 Å². The maximum absolute atomic E-state index is 5.65. The minimum absolute atomic E-state index is 0.725. The Balaban J connectivity index is 1.26. The van der Waals surface area contributed by atoms with E-state index < -0.39 is 0 Å². The van der Waals surface area contributed by atoms with E-state index in [4.69, 9.17) is 16.5 Å². The quantitative estimate of drug-likeness (QED) is 0.161. The minimum Gasteiger partial charge on any atom is -0.342 e. The van der Waals surface area contributed by atoms with Crippen LogP contribution >= 0.6 is 0 Å². The molecule has 0 unspecified atom stereocenters. The van der Waals surface area contributed by atoms with Gasteiger partial charge < -0.3 is 21.4 Å². The number of hydrogen-bond donors (Lipinski definition) is 4. The Morgan fingerprint density at radius 1 is 0.605 bits per heavy atom. The molecule has 2 heterocycles. The molecular formula is C32H34N6. The molecule has 192 valence electrons. The van der Waals surface area contributed by atoms with Gasteiger partial charge in [-0.2, -0.15) is 0 Å². The van der Waals surface area contributed by atoms with E-state index in [0.717, 1.165) is 85.6 Å². The summed E-state index contributed by atoms with van der Waals surface area (Å²) in [5.41, 5.74) is 18.0. The Kier molecular flexibility index (Phi) is 6.90. The van der Waals surface area contributed by atoms with Crippen molar-refractivity contribution in [3.05, 3.63) is 84.6 Å². The lowest BCUT2D eigenvalue weighted by atomic mass is 9.97. The van der Waals surface area contributed by atoms with Crippen molar-refractivity contribution >= 4 is 32.6 Å². The highest BCUT2D eigenvalue weighted by atomic mass is 14.9. The molecular weight excluding hydrogens is 468 g/mol. The number of nitrogens with two attached hydrogens (primary N) is 2. The predicted molar refractivity (Wildman–Crippen MR) is 158 cm³/mol. The smallest absolute Gasteiger partial charge is 0.107 e. The van der Waals surface area contributed by atoms with Crippen molar-refractivity contribution in [2.24, 2.45) is 11.5 Å². The first-order valence-corrected chi connectivity index (χ1v) is 13.6. The molecule has 6 rings (SSSR count). The first-order chi connectivity index (χ1) is 18.7. The summed E-state index contributed by atoms with van der Waals surface area (Å²) in [5.74, 6) is 2.06. The number of rotatable bonds is 10. The highest BCUT2D eigenvalue weighted by Gasteiger charge is 2.10. The second-order valence-electron chi connectivity index (χ2n) is 10.1. The van der Waals surface area contributed by atoms with Gasteiger partial charge in [-0.25, -0.2) is 9.97 Å². The maximum Gasteiger partial charge on any atom is 0.107 e. The molecule has 2 aromatic heterocycles. The zero-order valence-electron chi connectivity index (χ0n) is 21.6. The van der Waals surface area contributed by atoms with E-state index in [1.54, 1.807) is 0 Å². The zero-order valence-corrected chi connectivity index (χ0v) is 21.6. The van der Waals surface area contributed by atoms with Gasteiger partial charge in [0.1, 0.15) is 11.6 Å². The number of nitrogens with one attached hydrogen (secondary N) is 2. The maximum atomic E-state index is 5.65. The van der Waals surface area contributed by atoms with Crippen molar-refractivity contribution in [2.45, 2.75) is 38.5 Å². The lowest BCUT2D eigenvalue weighted by molar-refractivity contribution is 0.723. The van der Waals surface area contributed by atoms with E-state index in [1.807, 2.05) is 6.20 Å². The molecule has 0 amide bonds. The topological polar surface area (TPSA) is 109 Å². The van der Waals surface area contributed by atoms with E-state index in [2.05, 4.69) is 81.7 Å². The van der Waals surface area contributed by atoms with Gasteiger partial charge in [0.05, 0.1) is 22.9 Å². The van der Waals surface area contributed by atoms with Crippen LogP contribution in [0.2, 0.25) is 0 Å². The fourth-order valence-electron chi connectivity index (χ4n) is 5.25. The van der Waals surface area contributed by atoms with Gasteiger partial charge in [-0.15, -0.1) is 0 Å². The average Bonchev–Trinajstić information content (AvgIpc) is 3.60. The highest BCUT2D eigenvalue weighted by molar-refractivity contribution is 6.05. The first-order valence-electron chi connectivity index (χ1n) is 13.6. The van der Waals surface area contributed by atoms with Gasteiger partial charge in [0.15, 0.2) is 0 Å². The van der Waals surface area contributed by atoms with Crippen LogP contribution in [0.15, 0.2) is 72.9 Å². The number of aromatic nitrogens is 4. The second-order valence-corrected chi connectivity index (χ2v) is 10.1. The van der Waals surface area contributed by atoms with Crippen LogP contribution in [0.1, 0.15) is 37.3 Å². The Morgan fingerprint density at radius 2 is 1.24 bits per heavy atom. The number of fused-ring (bicyclic) bond motifs is 4. The van der Waals surface area contributed by atoms with Crippen LogP contribution in [0, 0.1) is 0 Å². The van der Waals surface area contributed by atoms with Crippen molar-refractivity contribution < 1.29 is 0 Å². The summed E-state index contributed by atoms with van der Waals surface area (Å²) < 4.78 is 0. The molecule has 0 aliphatic heterocycles. The number of unbranched alkanes of at least 4 members (excludes halogenated alkanes) is 2. The van der Waals surface area contributed by atoms with Crippen LogP contribution in [0.25, 0.3) is 55.0 Å². The summed E-state index contributed by atoms with van der Waals surface area (Å²) in [6, 6.07) is 24.3. The van der Waals surface area contributed by atoms with Gasteiger partial charge in [-0.1, -0.05) is 42.5 Å². The van der Waals surface area contributed by atoms with Crippen LogP contribution in [-0.2, 0) is 12.8 Å². The van der Waals surface area contributed by atoms with Gasteiger partial charge >= 0.3 is 0 Å². The predicted octanol–water partition coefficient (Wildman–Crippen LogP) is 6.49.